The van der Waals surface area contributed by atoms with Gasteiger partial charge in [0.25, 0.3) is 0 Å². The summed E-state index contributed by atoms with van der Waals surface area (Å²) in [7, 11) is 0. The number of halogens is 4. The monoisotopic (exact) mass is 304 g/mol. The first-order valence-corrected chi connectivity index (χ1v) is 6.58. The molecule has 0 radical (unpaired) electrons. The van der Waals surface area contributed by atoms with Crippen molar-refractivity contribution in [3.05, 3.63) is 34.9 Å². The van der Waals surface area contributed by atoms with E-state index in [2.05, 4.69) is 10.6 Å². The van der Waals surface area contributed by atoms with E-state index in [0.717, 1.165) is 12.1 Å². The van der Waals surface area contributed by atoms with Crippen LogP contribution in [-0.2, 0) is 17.5 Å². The van der Waals surface area contributed by atoms with Crippen LogP contribution in [0.25, 0.3) is 0 Å². The summed E-state index contributed by atoms with van der Waals surface area (Å²) < 4.78 is 51.1. The van der Waals surface area contributed by atoms with E-state index in [0.29, 0.717) is 11.1 Å². The molecule has 1 amide bonds. The van der Waals surface area contributed by atoms with Gasteiger partial charge in [-0.3, -0.25) is 4.79 Å². The highest BCUT2D eigenvalue weighted by Gasteiger charge is 2.31. The molecule has 0 spiro atoms. The van der Waals surface area contributed by atoms with Crippen LogP contribution in [0.1, 0.15) is 23.1 Å². The molecular weight excluding hydrogens is 288 g/mol. The number of hydrogen-bond donors (Lipinski definition) is 2. The fourth-order valence-electron chi connectivity index (χ4n) is 2.33. The molecule has 1 aromatic rings. The molecule has 1 aromatic carbocycles. The Morgan fingerprint density at radius 3 is 2.67 bits per heavy atom. The standard InChI is InChI=1S/C14H16F4N2O/c1-8-2-9(4-10(3-8)14(16,17)18)6-20-13(21)12-5-11(15)7-19-12/h2-4,11-12,19H,5-7H2,1H3,(H,20,21)/t11-,12-/m0/s1. The Morgan fingerprint density at radius 1 is 1.38 bits per heavy atom. The number of carbonyl (C=O) groups is 1. The Bertz CT molecular complexity index is 530. The van der Waals surface area contributed by atoms with Crippen LogP contribution >= 0.6 is 0 Å². The lowest BCUT2D eigenvalue weighted by atomic mass is 10.1. The topological polar surface area (TPSA) is 41.1 Å². The first-order chi connectivity index (χ1) is 9.75. The van der Waals surface area contributed by atoms with Gasteiger partial charge in [-0.25, -0.2) is 4.39 Å². The molecule has 2 rings (SSSR count). The van der Waals surface area contributed by atoms with Gasteiger partial charge in [-0.05, 0) is 24.6 Å². The minimum absolute atomic E-state index is 0.0152. The summed E-state index contributed by atoms with van der Waals surface area (Å²) in [4.78, 5) is 11.8. The van der Waals surface area contributed by atoms with E-state index in [1.54, 1.807) is 13.0 Å². The van der Waals surface area contributed by atoms with Crippen molar-refractivity contribution in [2.24, 2.45) is 0 Å². The number of rotatable bonds is 3. The predicted molar refractivity (Wildman–Crippen MR) is 69.3 cm³/mol. The van der Waals surface area contributed by atoms with Crippen molar-refractivity contribution in [1.82, 2.24) is 10.6 Å². The summed E-state index contributed by atoms with van der Waals surface area (Å²) >= 11 is 0. The Kier molecular flexibility index (Phi) is 4.51. The maximum atomic E-state index is 13.0. The number of nitrogens with one attached hydrogen (secondary N) is 2. The van der Waals surface area contributed by atoms with Crippen LogP contribution in [-0.4, -0.2) is 24.7 Å². The number of hydrogen-bond acceptors (Lipinski definition) is 2. The first-order valence-electron chi connectivity index (χ1n) is 6.58. The molecule has 1 saturated heterocycles. The zero-order chi connectivity index (χ0) is 15.6. The average Bonchev–Trinajstić information content (AvgIpc) is 2.81. The second-order valence-electron chi connectivity index (χ2n) is 5.22. The maximum Gasteiger partial charge on any atom is 0.416 e. The molecule has 1 fully saturated rings. The van der Waals surface area contributed by atoms with E-state index in [1.165, 1.54) is 0 Å². The predicted octanol–water partition coefficient (Wildman–Crippen LogP) is 2.33. The molecule has 116 valence electrons. The quantitative estimate of drug-likeness (QED) is 0.842. The minimum atomic E-state index is -4.42. The summed E-state index contributed by atoms with van der Waals surface area (Å²) in [6.07, 6.45) is -5.39. The summed E-state index contributed by atoms with van der Waals surface area (Å²) in [5, 5.41) is 5.25. The average molecular weight is 304 g/mol. The van der Waals surface area contributed by atoms with Gasteiger partial charge in [0.15, 0.2) is 0 Å². The van der Waals surface area contributed by atoms with Crippen LogP contribution in [0.4, 0.5) is 17.6 Å². The van der Waals surface area contributed by atoms with Crippen molar-refractivity contribution < 1.29 is 22.4 Å². The molecule has 3 nitrogen and oxygen atoms in total. The Labute approximate surface area is 119 Å². The highest BCUT2D eigenvalue weighted by Crippen LogP contribution is 2.30. The van der Waals surface area contributed by atoms with E-state index >= 15 is 0 Å². The fraction of sp³-hybridized carbons (Fsp3) is 0.500. The fourth-order valence-corrected chi connectivity index (χ4v) is 2.33. The zero-order valence-electron chi connectivity index (χ0n) is 11.4. The van der Waals surface area contributed by atoms with Gasteiger partial charge in [-0.2, -0.15) is 13.2 Å². The van der Waals surface area contributed by atoms with Gasteiger partial charge in [0.2, 0.25) is 5.91 Å². The lowest BCUT2D eigenvalue weighted by Crippen LogP contribution is -2.40. The molecule has 2 N–H and O–H groups in total. The molecule has 2 atom stereocenters. The van der Waals surface area contributed by atoms with Crippen LogP contribution in [0, 0.1) is 6.92 Å². The largest absolute Gasteiger partial charge is 0.416 e. The lowest BCUT2D eigenvalue weighted by molar-refractivity contribution is -0.137. The molecule has 7 heteroatoms. The molecule has 1 aliphatic rings. The van der Waals surface area contributed by atoms with Gasteiger partial charge in [0.1, 0.15) is 6.17 Å². The van der Waals surface area contributed by atoms with E-state index in [1.807, 2.05) is 0 Å². The molecule has 1 aliphatic heterocycles. The Morgan fingerprint density at radius 2 is 2.10 bits per heavy atom. The second kappa shape index (κ2) is 6.01. The number of benzene rings is 1. The van der Waals surface area contributed by atoms with Crippen molar-refractivity contribution in [2.45, 2.75) is 38.3 Å². The van der Waals surface area contributed by atoms with Crippen molar-refractivity contribution in [1.29, 1.82) is 0 Å². The molecule has 0 unspecified atom stereocenters. The minimum Gasteiger partial charge on any atom is -0.351 e. The van der Waals surface area contributed by atoms with Crippen LogP contribution in [0.3, 0.4) is 0 Å². The molecule has 0 aromatic heterocycles. The van der Waals surface area contributed by atoms with Gasteiger partial charge in [-0.15, -0.1) is 0 Å². The van der Waals surface area contributed by atoms with Gasteiger partial charge in [-0.1, -0.05) is 11.6 Å². The highest BCUT2D eigenvalue weighted by molar-refractivity contribution is 5.82. The lowest BCUT2D eigenvalue weighted by Gasteiger charge is -2.13. The van der Waals surface area contributed by atoms with Crippen molar-refractivity contribution in [3.8, 4) is 0 Å². The van der Waals surface area contributed by atoms with E-state index in [9.17, 15) is 22.4 Å². The third-order valence-electron chi connectivity index (χ3n) is 3.32. The van der Waals surface area contributed by atoms with E-state index in [4.69, 9.17) is 0 Å². The molecule has 0 saturated carbocycles. The molecular formula is C14H16F4N2O. The van der Waals surface area contributed by atoms with Gasteiger partial charge in [0, 0.05) is 19.5 Å². The van der Waals surface area contributed by atoms with Crippen LogP contribution in [0.2, 0.25) is 0 Å². The second-order valence-corrected chi connectivity index (χ2v) is 5.22. The van der Waals surface area contributed by atoms with Crippen LogP contribution in [0.5, 0.6) is 0 Å². The Balaban J connectivity index is 2.00. The SMILES string of the molecule is Cc1cc(CNC(=O)[C@@H]2C[C@H](F)CN2)cc(C(F)(F)F)c1. The number of alkyl halides is 4. The summed E-state index contributed by atoms with van der Waals surface area (Å²) in [5.41, 5.74) is 0.0944. The van der Waals surface area contributed by atoms with E-state index < -0.39 is 29.9 Å². The molecule has 0 aliphatic carbocycles. The first kappa shape index (κ1) is 15.8. The summed E-state index contributed by atoms with van der Waals surface area (Å²) in [6, 6.07) is 3.02. The number of amides is 1. The number of carbonyl (C=O) groups excluding carboxylic acids is 1. The molecule has 0 bridgehead atoms. The third-order valence-corrected chi connectivity index (χ3v) is 3.32. The smallest absolute Gasteiger partial charge is 0.351 e. The number of aryl methyl sites for hydroxylation is 1. The Hall–Kier alpha value is -1.63. The van der Waals surface area contributed by atoms with Crippen LogP contribution in [0.15, 0.2) is 18.2 Å². The van der Waals surface area contributed by atoms with Gasteiger partial charge >= 0.3 is 6.18 Å². The van der Waals surface area contributed by atoms with Gasteiger partial charge < -0.3 is 10.6 Å². The van der Waals surface area contributed by atoms with Crippen molar-refractivity contribution in [3.63, 3.8) is 0 Å². The summed E-state index contributed by atoms with van der Waals surface area (Å²) in [6.45, 7) is 1.67. The summed E-state index contributed by atoms with van der Waals surface area (Å²) in [5.74, 6) is -0.398. The van der Waals surface area contributed by atoms with Crippen LogP contribution < -0.4 is 10.6 Å². The maximum absolute atomic E-state index is 13.0. The van der Waals surface area contributed by atoms with Crippen molar-refractivity contribution in [2.75, 3.05) is 6.54 Å². The third kappa shape index (κ3) is 4.17. The zero-order valence-corrected chi connectivity index (χ0v) is 11.4. The van der Waals surface area contributed by atoms with Gasteiger partial charge in [0.05, 0.1) is 11.6 Å². The van der Waals surface area contributed by atoms with E-state index in [-0.39, 0.29) is 19.5 Å². The van der Waals surface area contributed by atoms with Crippen molar-refractivity contribution >= 4 is 5.91 Å². The molecule has 21 heavy (non-hydrogen) atoms. The normalized spacial score (nSPS) is 22.3. The molecule has 1 heterocycles. The highest BCUT2D eigenvalue weighted by atomic mass is 19.4.